The minimum absolute atomic E-state index is 0.375. The normalized spacial score (nSPS) is 23.5. The van der Waals surface area contributed by atoms with Crippen LogP contribution in [0, 0.1) is 0 Å². The van der Waals surface area contributed by atoms with Crippen molar-refractivity contribution in [2.45, 2.75) is 31.3 Å². The Hall–Kier alpha value is -1.75. The molecule has 1 atom stereocenters. The molecule has 0 radical (unpaired) electrons. The van der Waals surface area contributed by atoms with Gasteiger partial charge in [-0.25, -0.2) is 0 Å². The van der Waals surface area contributed by atoms with Crippen molar-refractivity contribution in [3.05, 3.63) is 23.8 Å². The van der Waals surface area contributed by atoms with Gasteiger partial charge in [0.2, 0.25) is 0 Å². The number of nitrogens with one attached hydrogen (secondary N) is 1. The average Bonchev–Trinajstić information content (AvgIpc) is 3.10. The number of likely N-dealkylation sites (tertiary alicyclic amines) is 1. The molecule has 2 fully saturated rings. The quantitative estimate of drug-likeness (QED) is 0.706. The lowest BCUT2D eigenvalue weighted by molar-refractivity contribution is 0.100. The van der Waals surface area contributed by atoms with Gasteiger partial charge in [-0.15, -0.1) is 0 Å². The second-order valence-electron chi connectivity index (χ2n) is 5.53. The van der Waals surface area contributed by atoms with Crippen LogP contribution in [-0.4, -0.2) is 36.0 Å². The van der Waals surface area contributed by atoms with E-state index in [-0.39, 0.29) is 0 Å². The lowest BCUT2D eigenvalue weighted by Gasteiger charge is -2.18. The van der Waals surface area contributed by atoms with E-state index in [0.29, 0.717) is 17.3 Å². The number of primary amides is 1. The third-order valence-electron chi connectivity index (χ3n) is 3.95. The molecule has 19 heavy (non-hydrogen) atoms. The molecule has 5 N–H and O–H groups in total. The molecule has 0 aromatic heterocycles. The Bertz CT molecular complexity index is 498. The number of amides is 1. The maximum atomic E-state index is 11.4. The molecule has 5 heteroatoms. The monoisotopic (exact) mass is 260 g/mol. The molecule has 102 valence electrons. The zero-order valence-electron chi connectivity index (χ0n) is 10.9. The molecule has 3 rings (SSSR count). The third kappa shape index (κ3) is 2.66. The highest BCUT2D eigenvalue weighted by molar-refractivity contribution is 5.99. The minimum atomic E-state index is -0.417. The van der Waals surface area contributed by atoms with Gasteiger partial charge >= 0.3 is 0 Å². The number of carbonyl (C=O) groups excluding carboxylic acids is 1. The SMILES string of the molecule is NC(=O)c1ccc(N)cc1NC1CCN(C2CC2)C1. The second kappa shape index (κ2) is 4.74. The molecule has 1 aromatic carbocycles. The van der Waals surface area contributed by atoms with Crippen molar-refractivity contribution in [2.75, 3.05) is 24.1 Å². The van der Waals surface area contributed by atoms with Crippen LogP contribution < -0.4 is 16.8 Å². The molecule has 2 aliphatic rings. The molecule has 1 aliphatic heterocycles. The number of hydrogen-bond acceptors (Lipinski definition) is 4. The van der Waals surface area contributed by atoms with Gasteiger partial charge in [0.25, 0.3) is 5.91 Å². The van der Waals surface area contributed by atoms with E-state index in [1.54, 1.807) is 18.2 Å². The molecule has 0 spiro atoms. The molecule has 1 unspecified atom stereocenters. The molecule has 1 saturated heterocycles. The van der Waals surface area contributed by atoms with Crippen LogP contribution >= 0.6 is 0 Å². The number of nitrogens with two attached hydrogens (primary N) is 2. The van der Waals surface area contributed by atoms with E-state index in [1.807, 2.05) is 0 Å². The fourth-order valence-corrected chi connectivity index (χ4v) is 2.79. The van der Waals surface area contributed by atoms with Crippen LogP contribution in [0.2, 0.25) is 0 Å². The first-order valence-electron chi connectivity index (χ1n) is 6.83. The predicted molar refractivity (Wildman–Crippen MR) is 76.0 cm³/mol. The average molecular weight is 260 g/mol. The fourth-order valence-electron chi connectivity index (χ4n) is 2.79. The lowest BCUT2D eigenvalue weighted by atomic mass is 10.1. The molecule has 5 nitrogen and oxygen atoms in total. The Labute approximate surface area is 112 Å². The second-order valence-corrected chi connectivity index (χ2v) is 5.53. The molecular formula is C14H20N4O. The summed E-state index contributed by atoms with van der Waals surface area (Å²) in [5.41, 5.74) is 13.1. The molecule has 1 heterocycles. The number of hydrogen-bond donors (Lipinski definition) is 3. The summed E-state index contributed by atoms with van der Waals surface area (Å²) in [6.07, 6.45) is 3.76. The van der Waals surface area contributed by atoms with Crippen LogP contribution in [0.3, 0.4) is 0 Å². The van der Waals surface area contributed by atoms with E-state index >= 15 is 0 Å². The van der Waals surface area contributed by atoms with Crippen LogP contribution in [0.15, 0.2) is 18.2 Å². The van der Waals surface area contributed by atoms with Crippen molar-refractivity contribution in [3.8, 4) is 0 Å². The van der Waals surface area contributed by atoms with Gasteiger partial charge < -0.3 is 16.8 Å². The van der Waals surface area contributed by atoms with E-state index in [4.69, 9.17) is 11.5 Å². The molecule has 1 amide bonds. The first-order valence-corrected chi connectivity index (χ1v) is 6.83. The van der Waals surface area contributed by atoms with E-state index in [0.717, 1.165) is 31.2 Å². The maximum absolute atomic E-state index is 11.4. The van der Waals surface area contributed by atoms with Crippen molar-refractivity contribution in [3.63, 3.8) is 0 Å². The first kappa shape index (κ1) is 12.3. The van der Waals surface area contributed by atoms with E-state index in [2.05, 4.69) is 10.2 Å². The Morgan fingerprint density at radius 1 is 1.32 bits per heavy atom. The van der Waals surface area contributed by atoms with Crippen molar-refractivity contribution in [1.82, 2.24) is 4.90 Å². The van der Waals surface area contributed by atoms with Gasteiger partial charge in [0.15, 0.2) is 0 Å². The number of carbonyl (C=O) groups is 1. The van der Waals surface area contributed by atoms with Crippen LogP contribution in [0.5, 0.6) is 0 Å². The largest absolute Gasteiger partial charge is 0.399 e. The van der Waals surface area contributed by atoms with E-state index in [9.17, 15) is 4.79 Å². The van der Waals surface area contributed by atoms with Crippen molar-refractivity contribution in [1.29, 1.82) is 0 Å². The number of nitrogens with zero attached hydrogens (tertiary/aromatic N) is 1. The van der Waals surface area contributed by atoms with Gasteiger partial charge in [0, 0.05) is 36.5 Å². The van der Waals surface area contributed by atoms with Gasteiger partial charge in [-0.2, -0.15) is 0 Å². The standard InChI is InChI=1S/C14H20N4O/c15-9-1-4-12(14(16)19)13(7-9)17-10-5-6-18(8-10)11-2-3-11/h1,4,7,10-11,17H,2-3,5-6,8,15H2,(H2,16,19). The highest BCUT2D eigenvalue weighted by atomic mass is 16.1. The topological polar surface area (TPSA) is 84.4 Å². The van der Waals surface area contributed by atoms with E-state index in [1.165, 1.54) is 12.8 Å². The highest BCUT2D eigenvalue weighted by Gasteiger charge is 2.34. The summed E-state index contributed by atoms with van der Waals surface area (Å²) >= 11 is 0. The van der Waals surface area contributed by atoms with Gasteiger partial charge in [0.1, 0.15) is 0 Å². The number of benzene rings is 1. The highest BCUT2D eigenvalue weighted by Crippen LogP contribution is 2.31. The minimum Gasteiger partial charge on any atom is -0.399 e. The Morgan fingerprint density at radius 2 is 2.11 bits per heavy atom. The number of rotatable bonds is 4. The van der Waals surface area contributed by atoms with Crippen molar-refractivity contribution >= 4 is 17.3 Å². The van der Waals surface area contributed by atoms with Crippen LogP contribution in [0.4, 0.5) is 11.4 Å². The van der Waals surface area contributed by atoms with Crippen molar-refractivity contribution < 1.29 is 4.79 Å². The number of anilines is 2. The van der Waals surface area contributed by atoms with Gasteiger partial charge in [0.05, 0.1) is 5.56 Å². The summed E-state index contributed by atoms with van der Waals surface area (Å²) in [6, 6.07) is 6.35. The number of nitrogen functional groups attached to an aromatic ring is 1. The van der Waals surface area contributed by atoms with Crippen LogP contribution in [-0.2, 0) is 0 Å². The van der Waals surface area contributed by atoms with Crippen LogP contribution in [0.25, 0.3) is 0 Å². The molecular weight excluding hydrogens is 240 g/mol. The van der Waals surface area contributed by atoms with Crippen LogP contribution in [0.1, 0.15) is 29.6 Å². The third-order valence-corrected chi connectivity index (χ3v) is 3.95. The van der Waals surface area contributed by atoms with Gasteiger partial charge in [-0.1, -0.05) is 0 Å². The zero-order chi connectivity index (χ0) is 13.4. The maximum Gasteiger partial charge on any atom is 0.250 e. The summed E-state index contributed by atoms with van der Waals surface area (Å²) in [5, 5.41) is 3.42. The smallest absolute Gasteiger partial charge is 0.250 e. The fraction of sp³-hybridized carbons (Fsp3) is 0.500. The zero-order valence-corrected chi connectivity index (χ0v) is 10.9. The molecule has 1 aliphatic carbocycles. The summed E-state index contributed by atoms with van der Waals surface area (Å²) < 4.78 is 0. The molecule has 1 saturated carbocycles. The van der Waals surface area contributed by atoms with Crippen molar-refractivity contribution in [2.24, 2.45) is 5.73 Å². The van der Waals surface area contributed by atoms with Gasteiger partial charge in [-0.3, -0.25) is 9.69 Å². The lowest BCUT2D eigenvalue weighted by Crippen LogP contribution is -2.28. The molecule has 1 aromatic rings. The van der Waals surface area contributed by atoms with Gasteiger partial charge in [-0.05, 0) is 37.5 Å². The summed E-state index contributed by atoms with van der Waals surface area (Å²) in [7, 11) is 0. The summed E-state index contributed by atoms with van der Waals surface area (Å²) in [4.78, 5) is 13.9. The van der Waals surface area contributed by atoms with E-state index < -0.39 is 5.91 Å². The first-order chi connectivity index (χ1) is 9.13. The Balaban J connectivity index is 1.72. The predicted octanol–water partition coefficient (Wildman–Crippen LogP) is 1.02. The molecule has 0 bridgehead atoms. The summed E-state index contributed by atoms with van der Waals surface area (Å²) in [5.74, 6) is -0.417. The Kier molecular flexibility index (Phi) is 3.06. The summed E-state index contributed by atoms with van der Waals surface area (Å²) in [6.45, 7) is 2.17. The Morgan fingerprint density at radius 3 is 2.79 bits per heavy atom.